The molecule has 1 heterocycles. The van der Waals surface area contributed by atoms with Crippen molar-refractivity contribution < 1.29 is 19.1 Å². The van der Waals surface area contributed by atoms with Crippen LogP contribution in [0.5, 0.6) is 0 Å². The molecule has 0 aliphatic carbocycles. The van der Waals surface area contributed by atoms with Gasteiger partial charge >= 0.3 is 0 Å². The molecule has 1 aliphatic rings. The first kappa shape index (κ1) is 16.7. The van der Waals surface area contributed by atoms with E-state index >= 15 is 0 Å². The number of carbonyl (C=O) groups is 1. The van der Waals surface area contributed by atoms with Crippen LogP contribution in [-0.4, -0.2) is 37.3 Å². The van der Waals surface area contributed by atoms with Gasteiger partial charge in [-0.1, -0.05) is 0 Å². The normalized spacial score (nSPS) is 18.9. The standard InChI is InChI=1S/C8H13NO2.C5H10O2/c1-2-11-8-3-4-9-7(5-8)6-10;1-5(2,3)7-4-6/h8-9H,2-5H2,1H3;4H,1-3H3. The molecular formula is C13H23NO4. The summed E-state index contributed by atoms with van der Waals surface area (Å²) in [6.07, 6.45) is 1.90. The lowest BCUT2D eigenvalue weighted by molar-refractivity contribution is -0.138. The van der Waals surface area contributed by atoms with Crippen molar-refractivity contribution in [3.05, 3.63) is 5.70 Å². The van der Waals surface area contributed by atoms with E-state index in [1.54, 1.807) is 0 Å². The Morgan fingerprint density at radius 1 is 1.50 bits per heavy atom. The van der Waals surface area contributed by atoms with Gasteiger partial charge in [0.05, 0.1) is 11.8 Å². The molecule has 0 aromatic carbocycles. The Labute approximate surface area is 109 Å². The van der Waals surface area contributed by atoms with Gasteiger partial charge < -0.3 is 14.8 Å². The molecule has 1 aliphatic heterocycles. The lowest BCUT2D eigenvalue weighted by Gasteiger charge is -2.23. The summed E-state index contributed by atoms with van der Waals surface area (Å²) in [7, 11) is 0. The highest BCUT2D eigenvalue weighted by Crippen LogP contribution is 2.12. The van der Waals surface area contributed by atoms with Crippen LogP contribution < -0.4 is 5.32 Å². The fourth-order valence-corrected chi connectivity index (χ4v) is 1.39. The van der Waals surface area contributed by atoms with Crippen LogP contribution in [0, 0.1) is 0 Å². The van der Waals surface area contributed by atoms with Crippen LogP contribution in [0.1, 0.15) is 40.5 Å². The number of rotatable bonds is 3. The van der Waals surface area contributed by atoms with Gasteiger partial charge in [-0.2, -0.15) is 0 Å². The average Bonchev–Trinajstić information content (AvgIpc) is 2.29. The second-order valence-corrected chi connectivity index (χ2v) is 4.90. The lowest BCUT2D eigenvalue weighted by Crippen LogP contribution is -2.31. The zero-order chi connectivity index (χ0) is 14.0. The van der Waals surface area contributed by atoms with Crippen LogP contribution in [0.4, 0.5) is 0 Å². The third-order valence-corrected chi connectivity index (χ3v) is 2.16. The van der Waals surface area contributed by atoms with Crippen LogP contribution >= 0.6 is 0 Å². The molecule has 18 heavy (non-hydrogen) atoms. The molecule has 5 heteroatoms. The molecule has 1 atom stereocenters. The van der Waals surface area contributed by atoms with Gasteiger partial charge in [0.15, 0.2) is 0 Å². The van der Waals surface area contributed by atoms with Gasteiger partial charge in [0.1, 0.15) is 11.5 Å². The fourth-order valence-electron chi connectivity index (χ4n) is 1.39. The quantitative estimate of drug-likeness (QED) is 0.612. The molecule has 104 valence electrons. The van der Waals surface area contributed by atoms with Crippen LogP contribution in [-0.2, 0) is 19.1 Å². The molecule has 0 spiro atoms. The van der Waals surface area contributed by atoms with E-state index in [1.807, 2.05) is 33.6 Å². The maximum absolute atomic E-state index is 10.2. The first-order valence-corrected chi connectivity index (χ1v) is 6.13. The van der Waals surface area contributed by atoms with Crippen LogP contribution in [0.15, 0.2) is 5.70 Å². The minimum absolute atomic E-state index is 0.220. The monoisotopic (exact) mass is 257 g/mol. The Morgan fingerprint density at radius 2 is 2.17 bits per heavy atom. The van der Waals surface area contributed by atoms with Crippen molar-refractivity contribution in [3.63, 3.8) is 0 Å². The SMILES string of the molecule is CC(C)(C)OC=O.CCOC1CCNC(=C=O)C1. The number of hydrogen-bond acceptors (Lipinski definition) is 5. The van der Waals surface area contributed by atoms with Crippen molar-refractivity contribution in [2.24, 2.45) is 0 Å². The second kappa shape index (κ2) is 8.72. The van der Waals surface area contributed by atoms with Gasteiger partial charge in [0.25, 0.3) is 6.47 Å². The number of piperidine rings is 1. The van der Waals surface area contributed by atoms with Crippen molar-refractivity contribution in [3.8, 4) is 0 Å². The molecule has 5 nitrogen and oxygen atoms in total. The lowest BCUT2D eigenvalue weighted by atomic mass is 10.1. The number of ether oxygens (including phenoxy) is 2. The summed E-state index contributed by atoms with van der Waals surface area (Å²) in [5.41, 5.74) is 0.330. The molecule has 1 unspecified atom stereocenters. The van der Waals surface area contributed by atoms with Gasteiger partial charge in [0.2, 0.25) is 0 Å². The maximum Gasteiger partial charge on any atom is 0.293 e. The first-order valence-electron chi connectivity index (χ1n) is 6.13. The zero-order valence-corrected chi connectivity index (χ0v) is 11.6. The van der Waals surface area contributed by atoms with Crippen LogP contribution in [0.2, 0.25) is 0 Å². The molecule has 1 saturated heterocycles. The topological polar surface area (TPSA) is 64.6 Å². The van der Waals surface area contributed by atoms with E-state index in [0.717, 1.165) is 19.6 Å². The minimum Gasteiger partial charge on any atom is -0.462 e. The summed E-state index contributed by atoms with van der Waals surface area (Å²) in [6, 6.07) is 0. The Kier molecular flexibility index (Phi) is 8.08. The molecule has 0 radical (unpaired) electrons. The molecule has 0 bridgehead atoms. The summed E-state index contributed by atoms with van der Waals surface area (Å²) in [4.78, 5) is 19.8. The Morgan fingerprint density at radius 3 is 2.56 bits per heavy atom. The third kappa shape index (κ3) is 8.79. The zero-order valence-electron chi connectivity index (χ0n) is 11.6. The highest BCUT2D eigenvalue weighted by Gasteiger charge is 2.16. The van der Waals surface area contributed by atoms with Gasteiger partial charge in [0, 0.05) is 19.6 Å². The number of carbonyl (C=O) groups excluding carboxylic acids is 2. The Hall–Kier alpha value is -1.32. The predicted octanol–water partition coefficient (Wildman–Crippen LogP) is 1.45. The van der Waals surface area contributed by atoms with Crippen molar-refractivity contribution >= 4 is 12.4 Å². The summed E-state index contributed by atoms with van der Waals surface area (Å²) in [6.45, 7) is 9.43. The van der Waals surface area contributed by atoms with Gasteiger partial charge in [-0.25, -0.2) is 4.79 Å². The summed E-state index contributed by atoms with van der Waals surface area (Å²) >= 11 is 0. The molecule has 0 aromatic rings. The molecule has 1 N–H and O–H groups in total. The summed E-state index contributed by atoms with van der Waals surface area (Å²) in [5, 5.41) is 2.97. The van der Waals surface area contributed by atoms with Crippen molar-refractivity contribution in [1.29, 1.82) is 0 Å². The van der Waals surface area contributed by atoms with E-state index in [4.69, 9.17) is 4.74 Å². The van der Waals surface area contributed by atoms with Crippen LogP contribution in [0.3, 0.4) is 0 Å². The minimum atomic E-state index is -0.318. The van der Waals surface area contributed by atoms with Crippen LogP contribution in [0.25, 0.3) is 0 Å². The van der Waals surface area contributed by atoms with Crippen molar-refractivity contribution in [1.82, 2.24) is 5.32 Å². The fraction of sp³-hybridized carbons (Fsp3) is 0.769. The predicted molar refractivity (Wildman–Crippen MR) is 68.8 cm³/mol. The number of nitrogens with one attached hydrogen (secondary N) is 1. The summed E-state index contributed by atoms with van der Waals surface area (Å²) in [5.74, 6) is 1.87. The second-order valence-electron chi connectivity index (χ2n) is 4.90. The molecular weight excluding hydrogens is 234 g/mol. The van der Waals surface area contributed by atoms with E-state index < -0.39 is 0 Å². The smallest absolute Gasteiger partial charge is 0.293 e. The maximum atomic E-state index is 10.2. The molecule has 0 aromatic heterocycles. The van der Waals surface area contributed by atoms with E-state index in [2.05, 4.69) is 10.1 Å². The van der Waals surface area contributed by atoms with Crippen molar-refractivity contribution in [2.75, 3.05) is 13.2 Å². The molecule has 1 rings (SSSR count). The highest BCUT2D eigenvalue weighted by molar-refractivity contribution is 5.51. The number of hydrogen-bond donors (Lipinski definition) is 1. The van der Waals surface area contributed by atoms with E-state index in [9.17, 15) is 9.59 Å². The van der Waals surface area contributed by atoms with Gasteiger partial charge in [-0.15, -0.1) is 0 Å². The Bertz CT molecular complexity index is 288. The molecule has 0 saturated carbocycles. The van der Waals surface area contributed by atoms with E-state index in [-0.39, 0.29) is 11.7 Å². The van der Waals surface area contributed by atoms with Crippen molar-refractivity contribution in [2.45, 2.75) is 52.2 Å². The molecule has 0 amide bonds. The van der Waals surface area contributed by atoms with Gasteiger partial charge in [-0.3, -0.25) is 4.79 Å². The third-order valence-electron chi connectivity index (χ3n) is 2.16. The van der Waals surface area contributed by atoms with E-state index in [1.165, 1.54) is 0 Å². The molecule has 1 fully saturated rings. The van der Waals surface area contributed by atoms with Gasteiger partial charge in [-0.05, 0) is 34.1 Å². The Balaban J connectivity index is 0.000000360. The first-order chi connectivity index (χ1) is 8.42. The average molecular weight is 257 g/mol. The van der Waals surface area contributed by atoms with E-state index in [0.29, 0.717) is 18.6 Å². The highest BCUT2D eigenvalue weighted by atomic mass is 16.5. The largest absolute Gasteiger partial charge is 0.462 e. The summed E-state index contributed by atoms with van der Waals surface area (Å²) < 4.78 is 9.92.